The standard InChI is InChI=1S/C6H10Cl2N4O/c1-4(13-2)9-6-3-5(7)10-12(8)11-6/h3-4,10H,1-2H3,(H,9,11). The number of hydrogen-bond acceptors (Lipinski definition) is 4. The lowest BCUT2D eigenvalue weighted by molar-refractivity contribution is 0.125. The Bertz CT molecular complexity index is 243. The minimum Gasteiger partial charge on any atom is -0.360 e. The number of amidine groups is 1. The maximum absolute atomic E-state index is 5.70. The van der Waals surface area contributed by atoms with E-state index in [-0.39, 0.29) is 6.23 Å². The third kappa shape index (κ3) is 3.40. The van der Waals surface area contributed by atoms with Crippen molar-refractivity contribution in [3.8, 4) is 0 Å². The highest BCUT2D eigenvalue weighted by atomic mass is 35.5. The molecule has 1 aliphatic heterocycles. The van der Waals surface area contributed by atoms with Gasteiger partial charge in [-0.2, -0.15) is 0 Å². The lowest BCUT2D eigenvalue weighted by atomic mass is 10.5. The molecule has 0 spiro atoms. The van der Waals surface area contributed by atoms with Crippen molar-refractivity contribution < 1.29 is 4.74 Å². The lowest BCUT2D eigenvalue weighted by Gasteiger charge is -2.22. The van der Waals surface area contributed by atoms with Gasteiger partial charge in [-0.1, -0.05) is 11.6 Å². The second-order valence-corrected chi connectivity index (χ2v) is 3.09. The van der Waals surface area contributed by atoms with Crippen molar-refractivity contribution in [1.82, 2.24) is 15.5 Å². The summed E-state index contributed by atoms with van der Waals surface area (Å²) in [5.74, 6) is 0.535. The molecule has 0 saturated carbocycles. The van der Waals surface area contributed by atoms with Crippen LogP contribution in [0.1, 0.15) is 6.92 Å². The minimum absolute atomic E-state index is 0.244. The third-order valence-corrected chi connectivity index (χ3v) is 1.71. The van der Waals surface area contributed by atoms with Crippen LogP contribution in [-0.2, 0) is 4.74 Å². The number of hydrogen-bond donors (Lipinski definition) is 2. The Morgan fingerprint density at radius 3 is 2.85 bits per heavy atom. The summed E-state index contributed by atoms with van der Waals surface area (Å²) in [7, 11) is 1.57. The molecule has 1 atom stereocenters. The predicted molar refractivity (Wildman–Crippen MR) is 51.8 cm³/mol. The number of rotatable bonds is 2. The van der Waals surface area contributed by atoms with Gasteiger partial charge in [-0.25, -0.2) is 4.99 Å². The van der Waals surface area contributed by atoms with E-state index in [9.17, 15) is 0 Å². The molecule has 0 saturated heterocycles. The molecule has 0 aromatic carbocycles. The Kier molecular flexibility index (Phi) is 3.80. The van der Waals surface area contributed by atoms with E-state index in [1.54, 1.807) is 20.1 Å². The van der Waals surface area contributed by atoms with E-state index in [4.69, 9.17) is 28.1 Å². The number of methoxy groups -OCH3 is 1. The van der Waals surface area contributed by atoms with Gasteiger partial charge in [-0.15, -0.1) is 0 Å². The molecular weight excluding hydrogens is 215 g/mol. The summed E-state index contributed by atoms with van der Waals surface area (Å²) in [5.41, 5.74) is 5.30. The maximum atomic E-state index is 5.70. The highest BCUT2D eigenvalue weighted by Gasteiger charge is 2.11. The van der Waals surface area contributed by atoms with E-state index in [1.165, 1.54) is 0 Å². The molecule has 2 N–H and O–H groups in total. The molecule has 0 amide bonds. The van der Waals surface area contributed by atoms with Crippen LogP contribution >= 0.6 is 23.4 Å². The van der Waals surface area contributed by atoms with Crippen molar-refractivity contribution in [2.24, 2.45) is 4.99 Å². The first kappa shape index (κ1) is 10.6. The van der Waals surface area contributed by atoms with E-state index in [1.807, 2.05) is 0 Å². The van der Waals surface area contributed by atoms with Crippen LogP contribution in [0.3, 0.4) is 0 Å². The number of nitrogens with zero attached hydrogens (tertiary/aromatic N) is 2. The fourth-order valence-electron chi connectivity index (χ4n) is 0.722. The van der Waals surface area contributed by atoms with Crippen LogP contribution in [0.4, 0.5) is 0 Å². The van der Waals surface area contributed by atoms with Crippen LogP contribution in [-0.4, -0.2) is 23.8 Å². The second kappa shape index (κ2) is 4.66. The van der Waals surface area contributed by atoms with E-state index in [2.05, 4.69) is 15.8 Å². The molecule has 1 rings (SSSR count). The highest BCUT2D eigenvalue weighted by Crippen LogP contribution is 2.05. The van der Waals surface area contributed by atoms with Crippen molar-refractivity contribution >= 4 is 29.2 Å². The largest absolute Gasteiger partial charge is 0.360 e. The molecule has 0 aliphatic carbocycles. The topological polar surface area (TPSA) is 48.9 Å². The predicted octanol–water partition coefficient (Wildman–Crippen LogP) is 0.936. The Morgan fingerprint density at radius 2 is 2.31 bits per heavy atom. The zero-order valence-corrected chi connectivity index (χ0v) is 8.73. The third-order valence-electron chi connectivity index (χ3n) is 1.34. The smallest absolute Gasteiger partial charge is 0.147 e. The Labute approximate surface area is 86.4 Å². The first-order valence-electron chi connectivity index (χ1n) is 3.59. The van der Waals surface area contributed by atoms with Crippen molar-refractivity contribution in [3.05, 3.63) is 11.2 Å². The molecule has 74 valence electrons. The molecule has 1 unspecified atom stereocenters. The summed E-state index contributed by atoms with van der Waals surface area (Å²) in [5, 5.41) is 0.385. The Morgan fingerprint density at radius 1 is 1.62 bits per heavy atom. The van der Waals surface area contributed by atoms with Gasteiger partial charge in [0.15, 0.2) is 0 Å². The molecule has 0 bridgehead atoms. The number of halogens is 2. The van der Waals surface area contributed by atoms with Crippen LogP contribution in [0.5, 0.6) is 0 Å². The van der Waals surface area contributed by atoms with Gasteiger partial charge in [-0.05, 0) is 11.6 Å². The SMILES string of the molecule is COC(C)N=C1C=C(Cl)NN(Cl)N1. The molecule has 1 heterocycles. The maximum Gasteiger partial charge on any atom is 0.147 e. The first-order chi connectivity index (χ1) is 6.11. The van der Waals surface area contributed by atoms with Gasteiger partial charge in [0, 0.05) is 25.0 Å². The van der Waals surface area contributed by atoms with Crippen LogP contribution < -0.4 is 10.9 Å². The average molecular weight is 225 g/mol. The van der Waals surface area contributed by atoms with Gasteiger partial charge in [-0.3, -0.25) is 10.9 Å². The van der Waals surface area contributed by atoms with Gasteiger partial charge in [0.2, 0.25) is 0 Å². The van der Waals surface area contributed by atoms with Gasteiger partial charge >= 0.3 is 0 Å². The van der Waals surface area contributed by atoms with E-state index >= 15 is 0 Å². The summed E-state index contributed by atoms with van der Waals surface area (Å²) < 4.78 is 6.03. The van der Waals surface area contributed by atoms with Gasteiger partial charge in [0.05, 0.1) is 0 Å². The Balaban J connectivity index is 2.69. The van der Waals surface area contributed by atoms with Gasteiger partial charge in [0.25, 0.3) is 0 Å². The van der Waals surface area contributed by atoms with Crippen molar-refractivity contribution in [2.45, 2.75) is 13.2 Å². The van der Waals surface area contributed by atoms with E-state index in [0.29, 0.717) is 11.0 Å². The second-order valence-electron chi connectivity index (χ2n) is 2.35. The number of hydrazine groups is 2. The molecule has 0 fully saturated rings. The highest BCUT2D eigenvalue weighted by molar-refractivity contribution is 6.31. The van der Waals surface area contributed by atoms with Crippen LogP contribution in [0.2, 0.25) is 0 Å². The van der Waals surface area contributed by atoms with Crippen LogP contribution in [0.15, 0.2) is 16.2 Å². The normalized spacial score (nSPS) is 23.4. The van der Waals surface area contributed by atoms with Crippen molar-refractivity contribution in [2.75, 3.05) is 7.11 Å². The number of nitrogens with one attached hydrogen (secondary N) is 2. The summed E-state index contributed by atoms with van der Waals surface area (Å²) in [6.07, 6.45) is 1.36. The molecule has 0 aromatic rings. The quantitative estimate of drug-likeness (QED) is 0.542. The van der Waals surface area contributed by atoms with Gasteiger partial charge in [0.1, 0.15) is 17.2 Å². The van der Waals surface area contributed by atoms with E-state index < -0.39 is 0 Å². The molecular formula is C6H10Cl2N4O. The first-order valence-corrected chi connectivity index (χ1v) is 4.30. The van der Waals surface area contributed by atoms with Crippen molar-refractivity contribution in [3.63, 3.8) is 0 Å². The Hall–Kier alpha value is -0.490. The monoisotopic (exact) mass is 224 g/mol. The van der Waals surface area contributed by atoms with Crippen LogP contribution in [0, 0.1) is 0 Å². The molecule has 7 heteroatoms. The number of ether oxygens (including phenoxy) is 1. The molecule has 1 aliphatic rings. The summed E-state index contributed by atoms with van der Waals surface area (Å²) in [6.45, 7) is 1.80. The fourth-order valence-corrected chi connectivity index (χ4v) is 1.13. The lowest BCUT2D eigenvalue weighted by Crippen LogP contribution is -2.46. The fraction of sp³-hybridized carbons (Fsp3) is 0.500. The minimum atomic E-state index is -0.244. The summed E-state index contributed by atoms with van der Waals surface area (Å²) in [4.78, 5) is 4.11. The summed E-state index contributed by atoms with van der Waals surface area (Å²) in [6, 6.07) is 0. The van der Waals surface area contributed by atoms with Crippen molar-refractivity contribution in [1.29, 1.82) is 0 Å². The zero-order chi connectivity index (χ0) is 9.84. The molecule has 13 heavy (non-hydrogen) atoms. The number of aliphatic imine (C=N–C) groups is 1. The molecule has 0 aromatic heterocycles. The summed E-state index contributed by atoms with van der Waals surface area (Å²) >= 11 is 11.3. The zero-order valence-electron chi connectivity index (χ0n) is 7.21. The average Bonchev–Trinajstić information content (AvgIpc) is 2.02. The molecule has 0 radical (unpaired) electrons. The molecule has 5 nitrogen and oxygen atoms in total. The van der Waals surface area contributed by atoms with Gasteiger partial charge < -0.3 is 4.74 Å². The van der Waals surface area contributed by atoms with E-state index in [0.717, 1.165) is 4.64 Å². The van der Waals surface area contributed by atoms with Crippen LogP contribution in [0.25, 0.3) is 0 Å².